The molecule has 0 fully saturated rings. The third kappa shape index (κ3) is 8.79. The van der Waals surface area contributed by atoms with Crippen LogP contribution in [0.1, 0.15) is 104 Å². The van der Waals surface area contributed by atoms with Gasteiger partial charge in [-0.2, -0.15) is 0 Å². The molecule has 8 N–H and O–H groups in total. The van der Waals surface area contributed by atoms with Gasteiger partial charge >= 0.3 is 0 Å². The monoisotopic (exact) mass is 994 g/mol. The Hall–Kier alpha value is -8.67. The van der Waals surface area contributed by atoms with E-state index in [0.29, 0.717) is 107 Å². The molecule has 4 aromatic carbocycles. The van der Waals surface area contributed by atoms with Gasteiger partial charge in [0.05, 0.1) is 22.3 Å². The smallest absolute Gasteiger partial charge is 0.269 e. The van der Waals surface area contributed by atoms with Gasteiger partial charge < -0.3 is 19.9 Å². The fourth-order valence-electron chi connectivity index (χ4n) is 10.8. The van der Waals surface area contributed by atoms with Crippen LogP contribution in [-0.4, -0.2) is 88.0 Å². The van der Waals surface area contributed by atoms with Crippen molar-refractivity contribution in [3.05, 3.63) is 131 Å². The van der Waals surface area contributed by atoms with Crippen LogP contribution in [-0.2, 0) is 33.6 Å². The van der Waals surface area contributed by atoms with Crippen molar-refractivity contribution < 1.29 is 44.0 Å². The van der Waals surface area contributed by atoms with E-state index in [0.717, 1.165) is 49.0 Å². The number of rotatable bonds is 19. The number of carbonyl (C=O) groups excluding carboxylic acids is 7. The third-order valence-corrected chi connectivity index (χ3v) is 14.4. The molecule has 10 rings (SSSR count). The van der Waals surface area contributed by atoms with E-state index in [1.165, 1.54) is 4.90 Å². The summed E-state index contributed by atoms with van der Waals surface area (Å²) < 4.78 is 0. The predicted octanol–water partition coefficient (Wildman–Crippen LogP) is 9.28. The molecule has 6 heterocycles. The van der Waals surface area contributed by atoms with Gasteiger partial charge in [0.2, 0.25) is 17.7 Å². The molecule has 0 aliphatic carbocycles. The summed E-state index contributed by atoms with van der Waals surface area (Å²) in [5.41, 5.74) is 12.4. The molecule has 8 aromatic rings. The molecule has 74 heavy (non-hydrogen) atoms. The fraction of sp³-hybridized carbons (Fsp3) is 0.246. The minimum atomic E-state index is -0.721. The maximum absolute atomic E-state index is 14.8. The molecular formula is C57H54N8O9. The lowest BCUT2D eigenvalue weighted by Crippen LogP contribution is -2.37. The van der Waals surface area contributed by atoms with Crippen LogP contribution in [0.4, 0.5) is 0 Å². The average molecular weight is 995 g/mol. The summed E-state index contributed by atoms with van der Waals surface area (Å²) in [4.78, 5) is 111. The summed E-state index contributed by atoms with van der Waals surface area (Å²) in [6.45, 7) is 3.98. The number of H-pyrrole nitrogens is 4. The molecule has 2 aliphatic rings. The van der Waals surface area contributed by atoms with Gasteiger partial charge in [-0.3, -0.25) is 48.9 Å². The van der Waals surface area contributed by atoms with Gasteiger partial charge in [-0.1, -0.05) is 80.3 Å². The highest BCUT2D eigenvalue weighted by atomic mass is 16.5. The Labute approximate surface area is 423 Å². The quantitative estimate of drug-likeness (QED) is 0.0166. The molecule has 7 amide bonds. The lowest BCUT2D eigenvalue weighted by atomic mass is 9.92. The van der Waals surface area contributed by atoms with E-state index in [1.54, 1.807) is 23.4 Å². The largest absolute Gasteiger partial charge is 0.361 e. The second-order valence-electron chi connectivity index (χ2n) is 19.0. The zero-order valence-electron chi connectivity index (χ0n) is 40.9. The molecule has 376 valence electrons. The Balaban J connectivity index is 0.996. The summed E-state index contributed by atoms with van der Waals surface area (Å²) in [6, 6.07) is 26.8. The number of hydrogen-bond donors (Lipinski definition) is 8. The molecule has 4 aromatic heterocycles. The Bertz CT molecular complexity index is 3700. The zero-order chi connectivity index (χ0) is 51.8. The molecule has 2 aliphatic heterocycles. The van der Waals surface area contributed by atoms with Crippen molar-refractivity contribution in [1.29, 1.82) is 0 Å². The molecule has 0 saturated carbocycles. The SMILES string of the molecule is Cc1[nH]c2ccccc2c1C1=C(c2c(C)[nH]c3cc(-c4ccc5[nH]cc(C6=C(c7c[nH]c8ccccc78)C(=O)N(C(=O)CCCCCCC(=O)NO)C6=O)c5c4)ccc23)C(=O)N(CCCCCCC(=O)NO)C1=O. The number of unbranched alkanes of at least 4 members (excludes halogenated alkanes) is 6. The van der Waals surface area contributed by atoms with Crippen molar-refractivity contribution in [2.75, 3.05) is 6.54 Å². The van der Waals surface area contributed by atoms with E-state index in [9.17, 15) is 33.6 Å². The van der Waals surface area contributed by atoms with Crippen LogP contribution in [0.3, 0.4) is 0 Å². The van der Waals surface area contributed by atoms with Crippen LogP contribution in [0.25, 0.3) is 77.0 Å². The summed E-state index contributed by atoms with van der Waals surface area (Å²) in [5.74, 6) is -3.77. The number of aromatic nitrogens is 4. The number of nitrogens with zero attached hydrogens (tertiary/aromatic N) is 2. The lowest BCUT2D eigenvalue weighted by Gasteiger charge is -2.15. The summed E-state index contributed by atoms with van der Waals surface area (Å²) >= 11 is 0. The van der Waals surface area contributed by atoms with Gasteiger partial charge in [0.25, 0.3) is 23.6 Å². The number of amides is 7. The van der Waals surface area contributed by atoms with E-state index < -0.39 is 35.4 Å². The molecule has 0 saturated heterocycles. The first-order chi connectivity index (χ1) is 35.9. The number of hydrogen-bond acceptors (Lipinski definition) is 9. The van der Waals surface area contributed by atoms with Gasteiger partial charge in [0, 0.05) is 115 Å². The van der Waals surface area contributed by atoms with Crippen molar-refractivity contribution in [2.24, 2.45) is 0 Å². The predicted molar refractivity (Wildman–Crippen MR) is 280 cm³/mol. The Morgan fingerprint density at radius 2 is 0.973 bits per heavy atom. The van der Waals surface area contributed by atoms with Crippen LogP contribution in [0.5, 0.6) is 0 Å². The molecule has 0 radical (unpaired) electrons. The van der Waals surface area contributed by atoms with Crippen molar-refractivity contribution in [3.63, 3.8) is 0 Å². The highest BCUT2D eigenvalue weighted by molar-refractivity contribution is 6.54. The maximum atomic E-state index is 14.8. The number of hydroxylamine groups is 2. The van der Waals surface area contributed by atoms with Gasteiger partial charge in [0.1, 0.15) is 0 Å². The minimum absolute atomic E-state index is 0.0565. The maximum Gasteiger partial charge on any atom is 0.269 e. The Morgan fingerprint density at radius 3 is 1.59 bits per heavy atom. The van der Waals surface area contributed by atoms with Gasteiger partial charge in [-0.05, 0) is 81.0 Å². The Kier molecular flexibility index (Phi) is 13.5. The van der Waals surface area contributed by atoms with E-state index in [4.69, 9.17) is 10.4 Å². The molecule has 0 atom stereocenters. The van der Waals surface area contributed by atoms with Crippen molar-refractivity contribution in [2.45, 2.75) is 84.5 Å². The average Bonchev–Trinajstić information content (AvgIpc) is 4.26. The first kappa shape index (κ1) is 48.9. The summed E-state index contributed by atoms with van der Waals surface area (Å²) in [7, 11) is 0. The number of nitrogens with one attached hydrogen (secondary N) is 6. The number of aryl methyl sites for hydroxylation is 2. The van der Waals surface area contributed by atoms with Crippen LogP contribution in [0.15, 0.2) is 97.3 Å². The van der Waals surface area contributed by atoms with E-state index in [-0.39, 0.29) is 42.9 Å². The molecule has 0 spiro atoms. The first-order valence-corrected chi connectivity index (χ1v) is 24.9. The van der Waals surface area contributed by atoms with Crippen molar-refractivity contribution in [1.82, 2.24) is 40.7 Å². The number of para-hydroxylation sites is 2. The third-order valence-electron chi connectivity index (χ3n) is 14.4. The van der Waals surface area contributed by atoms with Crippen molar-refractivity contribution in [3.8, 4) is 11.1 Å². The summed E-state index contributed by atoms with van der Waals surface area (Å²) in [5, 5.41) is 20.6. The number of imide groups is 4. The molecule has 0 unspecified atom stereocenters. The van der Waals surface area contributed by atoms with Gasteiger partial charge in [-0.15, -0.1) is 0 Å². The fourth-order valence-corrected chi connectivity index (χ4v) is 10.8. The topological polar surface area (TPSA) is 254 Å². The van der Waals surface area contributed by atoms with E-state index in [2.05, 4.69) is 19.9 Å². The van der Waals surface area contributed by atoms with Crippen LogP contribution in [0.2, 0.25) is 0 Å². The molecular weight excluding hydrogens is 941 g/mol. The van der Waals surface area contributed by atoms with Crippen LogP contribution < -0.4 is 11.0 Å². The summed E-state index contributed by atoms with van der Waals surface area (Å²) in [6.07, 6.45) is 8.18. The highest BCUT2D eigenvalue weighted by Crippen LogP contribution is 2.45. The lowest BCUT2D eigenvalue weighted by molar-refractivity contribution is -0.148. The Morgan fingerprint density at radius 1 is 0.486 bits per heavy atom. The number of aromatic amines is 4. The minimum Gasteiger partial charge on any atom is -0.361 e. The van der Waals surface area contributed by atoms with Crippen molar-refractivity contribution >= 4 is 107 Å². The normalized spacial score (nSPS) is 14.2. The molecule has 17 heteroatoms. The number of carbonyl (C=O) groups is 7. The zero-order valence-corrected chi connectivity index (χ0v) is 40.9. The highest BCUT2D eigenvalue weighted by Gasteiger charge is 2.45. The molecule has 0 bridgehead atoms. The molecule has 17 nitrogen and oxygen atoms in total. The van der Waals surface area contributed by atoms with E-state index >= 15 is 0 Å². The first-order valence-electron chi connectivity index (χ1n) is 24.9. The van der Waals surface area contributed by atoms with Gasteiger partial charge in [-0.25, -0.2) is 15.9 Å². The second-order valence-corrected chi connectivity index (χ2v) is 19.0. The number of fused-ring (bicyclic) bond motifs is 4. The van der Waals surface area contributed by atoms with E-state index in [1.807, 2.05) is 98.8 Å². The number of benzene rings is 4. The van der Waals surface area contributed by atoms with Gasteiger partial charge in [0.15, 0.2) is 0 Å². The standard InChI is InChI=1S/C57H54N8O9/c1-31-48(36-16-11-13-18-43(36)60-31)52-53(55(70)64(54(52)69)26-14-6-5-8-20-46(67)63-74)49-32(2)61-44-28-34(22-24-37(44)49)33-23-25-42-38(27-33)40(30-59-42)51-50(39-29-58-41-17-12-10-15-35(39)41)56(71)65(57(51)72)47(68)21-9-4-3-7-19-45(66)62-73/h10-13,15-18,22-25,27-30,58-61,73-74H,3-9,14,19-21,26H2,1-2H3,(H,62,66)(H,63,67). The second kappa shape index (κ2) is 20.4. The van der Waals surface area contributed by atoms with Crippen LogP contribution in [0, 0.1) is 13.8 Å². The van der Waals surface area contributed by atoms with Crippen LogP contribution >= 0.6 is 0 Å².